The van der Waals surface area contributed by atoms with Crippen LogP contribution in [0.4, 0.5) is 0 Å². The molecule has 17 heavy (non-hydrogen) atoms. The molecule has 1 aromatic rings. The van der Waals surface area contributed by atoms with Gasteiger partial charge >= 0.3 is 0 Å². The number of rotatable bonds is 5. The first-order valence-electron chi connectivity index (χ1n) is 6.77. The van der Waals surface area contributed by atoms with Gasteiger partial charge in [0.1, 0.15) is 5.76 Å². The van der Waals surface area contributed by atoms with E-state index >= 15 is 0 Å². The van der Waals surface area contributed by atoms with Crippen molar-refractivity contribution >= 4 is 22.6 Å². The minimum absolute atomic E-state index is 0.665. The molecule has 0 amide bonds. The molecular weight excluding hydrogens is 325 g/mol. The number of halogens is 1. The minimum Gasteiger partial charge on any atom is -0.454 e. The van der Waals surface area contributed by atoms with Crippen molar-refractivity contribution in [2.75, 3.05) is 0 Å². The summed E-state index contributed by atoms with van der Waals surface area (Å²) in [5, 5.41) is 3.67. The summed E-state index contributed by atoms with van der Waals surface area (Å²) in [5.41, 5.74) is 0. The second kappa shape index (κ2) is 6.78. The molecule has 0 radical (unpaired) electrons. The first kappa shape index (κ1) is 13.4. The summed E-state index contributed by atoms with van der Waals surface area (Å²) in [4.78, 5) is 0. The van der Waals surface area contributed by atoms with E-state index in [4.69, 9.17) is 4.42 Å². The second-order valence-electron chi connectivity index (χ2n) is 5.00. The Hall–Kier alpha value is -0.0300. The topological polar surface area (TPSA) is 25.2 Å². The molecule has 0 saturated heterocycles. The second-order valence-corrected chi connectivity index (χ2v) is 6.06. The van der Waals surface area contributed by atoms with Crippen LogP contribution < -0.4 is 5.32 Å². The van der Waals surface area contributed by atoms with Crippen LogP contribution >= 0.6 is 22.6 Å². The quantitative estimate of drug-likeness (QED) is 0.802. The maximum atomic E-state index is 5.59. The van der Waals surface area contributed by atoms with Gasteiger partial charge in [-0.25, -0.2) is 0 Å². The van der Waals surface area contributed by atoms with Gasteiger partial charge in [-0.1, -0.05) is 26.2 Å². The molecule has 1 heterocycles. The molecule has 1 N–H and O–H groups in total. The monoisotopic (exact) mass is 347 g/mol. The van der Waals surface area contributed by atoms with Crippen LogP contribution in [0, 0.1) is 9.68 Å². The first-order valence-corrected chi connectivity index (χ1v) is 7.85. The molecule has 0 bridgehead atoms. The van der Waals surface area contributed by atoms with Gasteiger partial charge in [-0.3, -0.25) is 0 Å². The average Bonchev–Trinajstić information content (AvgIpc) is 2.77. The van der Waals surface area contributed by atoms with Crippen LogP contribution in [-0.4, -0.2) is 6.04 Å². The molecule has 1 aliphatic carbocycles. The Balaban J connectivity index is 1.82. The SMILES string of the molecule is CCC(NCc1ccc(I)o1)C1CCCCC1. The highest BCUT2D eigenvalue weighted by Gasteiger charge is 2.21. The highest BCUT2D eigenvalue weighted by Crippen LogP contribution is 2.27. The Bertz CT molecular complexity index is 331. The lowest BCUT2D eigenvalue weighted by atomic mass is 9.83. The van der Waals surface area contributed by atoms with E-state index in [1.807, 2.05) is 6.07 Å². The average molecular weight is 347 g/mol. The lowest BCUT2D eigenvalue weighted by Gasteiger charge is -2.30. The fourth-order valence-corrected chi connectivity index (χ4v) is 3.32. The van der Waals surface area contributed by atoms with E-state index in [1.165, 1.54) is 38.5 Å². The highest BCUT2D eigenvalue weighted by atomic mass is 127. The van der Waals surface area contributed by atoms with Crippen LogP contribution in [-0.2, 0) is 6.54 Å². The van der Waals surface area contributed by atoms with Gasteiger partial charge in [-0.05, 0) is 59.9 Å². The number of furan rings is 1. The van der Waals surface area contributed by atoms with E-state index in [0.717, 1.165) is 22.0 Å². The van der Waals surface area contributed by atoms with E-state index in [-0.39, 0.29) is 0 Å². The van der Waals surface area contributed by atoms with Crippen LogP contribution in [0.25, 0.3) is 0 Å². The van der Waals surface area contributed by atoms with E-state index in [0.29, 0.717) is 6.04 Å². The zero-order valence-electron chi connectivity index (χ0n) is 10.5. The Morgan fingerprint density at radius 1 is 1.35 bits per heavy atom. The van der Waals surface area contributed by atoms with Gasteiger partial charge < -0.3 is 9.73 Å². The molecule has 1 aromatic heterocycles. The predicted molar refractivity (Wildman–Crippen MR) is 78.9 cm³/mol. The van der Waals surface area contributed by atoms with Crippen molar-refractivity contribution < 1.29 is 4.42 Å². The first-order chi connectivity index (χ1) is 8.29. The molecule has 0 aliphatic heterocycles. The van der Waals surface area contributed by atoms with Gasteiger partial charge in [-0.2, -0.15) is 0 Å². The number of nitrogens with one attached hydrogen (secondary N) is 1. The third kappa shape index (κ3) is 3.98. The molecule has 1 fully saturated rings. The standard InChI is InChI=1S/C14H22INO/c1-2-13(11-6-4-3-5-7-11)16-10-12-8-9-14(15)17-12/h8-9,11,13,16H,2-7,10H2,1H3. The van der Waals surface area contributed by atoms with Crippen LogP contribution in [0.15, 0.2) is 16.5 Å². The molecule has 1 unspecified atom stereocenters. The van der Waals surface area contributed by atoms with Crippen molar-refractivity contribution in [2.45, 2.75) is 58.0 Å². The summed E-state index contributed by atoms with van der Waals surface area (Å²) in [6.45, 7) is 3.16. The zero-order chi connectivity index (χ0) is 12.1. The van der Waals surface area contributed by atoms with Crippen molar-refractivity contribution in [3.05, 3.63) is 21.7 Å². The highest BCUT2D eigenvalue weighted by molar-refractivity contribution is 14.1. The maximum Gasteiger partial charge on any atom is 0.164 e. The van der Waals surface area contributed by atoms with E-state index in [9.17, 15) is 0 Å². The van der Waals surface area contributed by atoms with Crippen LogP contribution in [0.3, 0.4) is 0 Å². The molecular formula is C14H22INO. The molecule has 2 rings (SSSR count). The lowest BCUT2D eigenvalue weighted by molar-refractivity contribution is 0.256. The van der Waals surface area contributed by atoms with Crippen molar-refractivity contribution in [3.63, 3.8) is 0 Å². The van der Waals surface area contributed by atoms with E-state index < -0.39 is 0 Å². The predicted octanol–water partition coefficient (Wildman–Crippen LogP) is 4.33. The van der Waals surface area contributed by atoms with Gasteiger partial charge in [0.15, 0.2) is 3.77 Å². The molecule has 96 valence electrons. The maximum absolute atomic E-state index is 5.59. The molecule has 1 saturated carbocycles. The fraction of sp³-hybridized carbons (Fsp3) is 0.714. The molecule has 0 spiro atoms. The fourth-order valence-electron chi connectivity index (χ4n) is 2.86. The normalized spacial score (nSPS) is 19.4. The summed E-state index contributed by atoms with van der Waals surface area (Å²) in [6, 6.07) is 4.76. The molecule has 1 aliphatic rings. The van der Waals surface area contributed by atoms with Gasteiger partial charge in [0, 0.05) is 6.04 Å². The summed E-state index contributed by atoms with van der Waals surface area (Å²) >= 11 is 2.22. The van der Waals surface area contributed by atoms with Gasteiger partial charge in [0.05, 0.1) is 6.54 Å². The Morgan fingerprint density at radius 2 is 2.12 bits per heavy atom. The van der Waals surface area contributed by atoms with Crippen molar-refractivity contribution in [3.8, 4) is 0 Å². The summed E-state index contributed by atoms with van der Waals surface area (Å²) in [6.07, 6.45) is 8.30. The van der Waals surface area contributed by atoms with Crippen molar-refractivity contribution in [1.82, 2.24) is 5.32 Å². The van der Waals surface area contributed by atoms with Crippen LogP contribution in [0.1, 0.15) is 51.2 Å². The third-order valence-electron chi connectivity index (χ3n) is 3.83. The Labute approximate surface area is 118 Å². The number of hydrogen-bond acceptors (Lipinski definition) is 2. The third-order valence-corrected chi connectivity index (χ3v) is 4.41. The minimum atomic E-state index is 0.665. The van der Waals surface area contributed by atoms with Crippen LogP contribution in [0.5, 0.6) is 0 Å². The van der Waals surface area contributed by atoms with Crippen molar-refractivity contribution in [2.24, 2.45) is 5.92 Å². The van der Waals surface area contributed by atoms with Gasteiger partial charge in [-0.15, -0.1) is 0 Å². The Kier molecular flexibility index (Phi) is 5.35. The van der Waals surface area contributed by atoms with Gasteiger partial charge in [0.2, 0.25) is 0 Å². The Morgan fingerprint density at radius 3 is 2.71 bits per heavy atom. The summed E-state index contributed by atoms with van der Waals surface area (Å²) in [7, 11) is 0. The summed E-state index contributed by atoms with van der Waals surface area (Å²) in [5.74, 6) is 1.94. The van der Waals surface area contributed by atoms with E-state index in [1.54, 1.807) is 0 Å². The molecule has 1 atom stereocenters. The zero-order valence-corrected chi connectivity index (χ0v) is 12.7. The van der Waals surface area contributed by atoms with E-state index in [2.05, 4.69) is 40.9 Å². The molecule has 3 heteroatoms. The summed E-state index contributed by atoms with van der Waals surface area (Å²) < 4.78 is 6.57. The smallest absolute Gasteiger partial charge is 0.164 e. The lowest BCUT2D eigenvalue weighted by Crippen LogP contribution is -2.36. The van der Waals surface area contributed by atoms with Crippen LogP contribution in [0.2, 0.25) is 0 Å². The van der Waals surface area contributed by atoms with Crippen molar-refractivity contribution in [1.29, 1.82) is 0 Å². The van der Waals surface area contributed by atoms with Gasteiger partial charge in [0.25, 0.3) is 0 Å². The number of hydrogen-bond donors (Lipinski definition) is 1. The largest absolute Gasteiger partial charge is 0.454 e. The molecule has 0 aromatic carbocycles. The molecule has 2 nitrogen and oxygen atoms in total.